The summed E-state index contributed by atoms with van der Waals surface area (Å²) >= 11 is 0. The van der Waals surface area contributed by atoms with Crippen molar-refractivity contribution in [2.75, 3.05) is 33.3 Å². The molecule has 1 fully saturated rings. The van der Waals surface area contributed by atoms with Gasteiger partial charge in [0.25, 0.3) is 0 Å². The van der Waals surface area contributed by atoms with Gasteiger partial charge < -0.3 is 10.1 Å². The van der Waals surface area contributed by atoms with Crippen molar-refractivity contribution in [3.63, 3.8) is 0 Å². The molecule has 0 radical (unpaired) electrons. The normalized spacial score (nSPS) is 20.6. The van der Waals surface area contributed by atoms with E-state index in [-0.39, 0.29) is 12.0 Å². The van der Waals surface area contributed by atoms with Gasteiger partial charge in [0, 0.05) is 45.0 Å². The number of amides is 1. The molecule has 1 atom stereocenters. The van der Waals surface area contributed by atoms with Crippen molar-refractivity contribution < 1.29 is 9.53 Å². The van der Waals surface area contributed by atoms with Crippen molar-refractivity contribution in [3.05, 3.63) is 30.1 Å². The third-order valence-corrected chi connectivity index (χ3v) is 3.10. The van der Waals surface area contributed by atoms with Gasteiger partial charge in [-0.25, -0.2) is 0 Å². The fraction of sp³-hybridized carbons (Fsp3) is 0.538. The van der Waals surface area contributed by atoms with Gasteiger partial charge >= 0.3 is 0 Å². The smallest absolute Gasteiger partial charge is 0.250 e. The maximum Gasteiger partial charge on any atom is 0.250 e. The van der Waals surface area contributed by atoms with E-state index in [0.717, 1.165) is 25.2 Å². The van der Waals surface area contributed by atoms with Crippen LogP contribution in [0.2, 0.25) is 0 Å². The summed E-state index contributed by atoms with van der Waals surface area (Å²) in [6, 6.07) is 5.94. The lowest BCUT2D eigenvalue weighted by atomic mass is 10.2. The third kappa shape index (κ3) is 3.51. The van der Waals surface area contributed by atoms with Crippen molar-refractivity contribution in [1.82, 2.24) is 15.2 Å². The van der Waals surface area contributed by atoms with Gasteiger partial charge in [-0.2, -0.15) is 0 Å². The first kappa shape index (κ1) is 13.0. The number of morpholine rings is 1. The van der Waals surface area contributed by atoms with Crippen LogP contribution in [0.1, 0.15) is 5.69 Å². The molecule has 1 N–H and O–H groups in total. The van der Waals surface area contributed by atoms with Crippen molar-refractivity contribution >= 4 is 5.91 Å². The maximum atomic E-state index is 11.5. The van der Waals surface area contributed by atoms with Gasteiger partial charge in [0.1, 0.15) is 6.10 Å². The summed E-state index contributed by atoms with van der Waals surface area (Å²) < 4.78 is 5.44. The van der Waals surface area contributed by atoms with Crippen LogP contribution in [0, 0.1) is 0 Å². The number of nitrogens with zero attached hydrogens (tertiary/aromatic N) is 2. The number of carbonyl (C=O) groups is 1. The molecular formula is C13H19N3O2. The molecule has 0 saturated carbocycles. The lowest BCUT2D eigenvalue weighted by Gasteiger charge is -2.31. The Bertz CT molecular complexity index is 383. The Hall–Kier alpha value is -1.46. The van der Waals surface area contributed by atoms with Crippen molar-refractivity contribution in [3.8, 4) is 0 Å². The van der Waals surface area contributed by atoms with Crippen molar-refractivity contribution in [2.24, 2.45) is 0 Å². The molecule has 1 aliphatic rings. The lowest BCUT2D eigenvalue weighted by Crippen LogP contribution is -2.49. The summed E-state index contributed by atoms with van der Waals surface area (Å²) in [4.78, 5) is 18.1. The second-order valence-corrected chi connectivity index (χ2v) is 4.35. The Kier molecular flexibility index (Phi) is 4.66. The van der Waals surface area contributed by atoms with E-state index in [2.05, 4.69) is 15.2 Å². The molecule has 18 heavy (non-hydrogen) atoms. The number of likely N-dealkylation sites (N-methyl/N-ethyl adjacent to an activating group) is 1. The van der Waals surface area contributed by atoms with Gasteiger partial charge in [-0.3, -0.25) is 14.7 Å². The van der Waals surface area contributed by atoms with Crippen LogP contribution in [0.15, 0.2) is 24.4 Å². The fourth-order valence-corrected chi connectivity index (χ4v) is 2.04. The molecule has 0 spiro atoms. The van der Waals surface area contributed by atoms with Crippen LogP contribution < -0.4 is 5.32 Å². The number of pyridine rings is 1. The Labute approximate surface area is 107 Å². The van der Waals surface area contributed by atoms with Gasteiger partial charge in [-0.05, 0) is 12.1 Å². The van der Waals surface area contributed by atoms with Crippen LogP contribution in [0.25, 0.3) is 0 Å². The molecule has 5 nitrogen and oxygen atoms in total. The molecule has 1 saturated heterocycles. The average Bonchev–Trinajstić information content (AvgIpc) is 2.45. The highest BCUT2D eigenvalue weighted by molar-refractivity contribution is 5.80. The van der Waals surface area contributed by atoms with E-state index >= 15 is 0 Å². The van der Waals surface area contributed by atoms with E-state index in [0.29, 0.717) is 13.2 Å². The minimum Gasteiger partial charge on any atom is -0.366 e. The molecular weight excluding hydrogens is 230 g/mol. The molecule has 98 valence electrons. The second kappa shape index (κ2) is 6.47. The standard InChI is InChI=1S/C13H19N3O2/c1-14-13(17)12-10-16(8-9-18-12)7-5-11-4-2-3-6-15-11/h2-4,6,12H,5,7-10H2,1H3,(H,14,17). The fourth-order valence-electron chi connectivity index (χ4n) is 2.04. The van der Waals surface area contributed by atoms with Crippen LogP contribution in [0.4, 0.5) is 0 Å². The Morgan fingerprint density at radius 2 is 2.50 bits per heavy atom. The zero-order valence-electron chi connectivity index (χ0n) is 10.6. The number of carbonyl (C=O) groups excluding carboxylic acids is 1. The van der Waals surface area contributed by atoms with Crippen LogP contribution in [-0.2, 0) is 16.0 Å². The number of aromatic nitrogens is 1. The zero-order chi connectivity index (χ0) is 12.8. The van der Waals surface area contributed by atoms with Gasteiger partial charge in [0.05, 0.1) is 6.61 Å². The molecule has 1 aliphatic heterocycles. The molecule has 1 aromatic heterocycles. The summed E-state index contributed by atoms with van der Waals surface area (Å²) in [5.41, 5.74) is 1.08. The first-order valence-corrected chi connectivity index (χ1v) is 6.25. The average molecular weight is 249 g/mol. The SMILES string of the molecule is CNC(=O)C1CN(CCc2ccccn2)CCO1. The summed E-state index contributed by atoms with van der Waals surface area (Å²) in [6.45, 7) is 3.06. The van der Waals surface area contributed by atoms with Crippen LogP contribution in [0.3, 0.4) is 0 Å². The number of rotatable bonds is 4. The maximum absolute atomic E-state index is 11.5. The molecule has 2 heterocycles. The summed E-state index contributed by atoms with van der Waals surface area (Å²) in [7, 11) is 1.64. The van der Waals surface area contributed by atoms with E-state index in [4.69, 9.17) is 4.74 Å². The van der Waals surface area contributed by atoms with E-state index in [1.54, 1.807) is 7.05 Å². The van der Waals surface area contributed by atoms with Gasteiger partial charge in [-0.15, -0.1) is 0 Å². The second-order valence-electron chi connectivity index (χ2n) is 4.35. The number of hydrogen-bond acceptors (Lipinski definition) is 4. The van der Waals surface area contributed by atoms with Gasteiger partial charge in [0.2, 0.25) is 5.91 Å². The summed E-state index contributed by atoms with van der Waals surface area (Å²) in [5, 5.41) is 2.63. The van der Waals surface area contributed by atoms with Crippen molar-refractivity contribution in [1.29, 1.82) is 0 Å². The minimum atomic E-state index is -0.340. The number of hydrogen-bond donors (Lipinski definition) is 1. The molecule has 0 aromatic carbocycles. The predicted molar refractivity (Wildman–Crippen MR) is 68.2 cm³/mol. The topological polar surface area (TPSA) is 54.5 Å². The first-order chi connectivity index (χ1) is 8.79. The molecule has 5 heteroatoms. The van der Waals surface area contributed by atoms with Crippen LogP contribution in [-0.4, -0.2) is 55.2 Å². The van der Waals surface area contributed by atoms with Crippen LogP contribution in [0.5, 0.6) is 0 Å². The molecule has 1 aromatic rings. The monoisotopic (exact) mass is 249 g/mol. The minimum absolute atomic E-state index is 0.0439. The highest BCUT2D eigenvalue weighted by Gasteiger charge is 2.25. The van der Waals surface area contributed by atoms with E-state index in [1.807, 2.05) is 24.4 Å². The Balaban J connectivity index is 1.81. The first-order valence-electron chi connectivity index (χ1n) is 6.25. The van der Waals surface area contributed by atoms with E-state index < -0.39 is 0 Å². The van der Waals surface area contributed by atoms with Crippen molar-refractivity contribution in [2.45, 2.75) is 12.5 Å². The number of ether oxygens (including phenoxy) is 1. The largest absolute Gasteiger partial charge is 0.366 e. The lowest BCUT2D eigenvalue weighted by molar-refractivity contribution is -0.137. The molecule has 0 aliphatic carbocycles. The quantitative estimate of drug-likeness (QED) is 0.820. The highest BCUT2D eigenvalue weighted by Crippen LogP contribution is 2.06. The zero-order valence-corrected chi connectivity index (χ0v) is 10.6. The third-order valence-electron chi connectivity index (χ3n) is 3.10. The molecule has 1 unspecified atom stereocenters. The Morgan fingerprint density at radius 3 is 3.22 bits per heavy atom. The molecule has 0 bridgehead atoms. The summed E-state index contributed by atoms with van der Waals surface area (Å²) in [5.74, 6) is -0.0439. The summed E-state index contributed by atoms with van der Waals surface area (Å²) in [6.07, 6.45) is 2.37. The van der Waals surface area contributed by atoms with Crippen LogP contribution >= 0.6 is 0 Å². The molecule has 1 amide bonds. The van der Waals surface area contributed by atoms with E-state index in [1.165, 1.54) is 0 Å². The van der Waals surface area contributed by atoms with Gasteiger partial charge in [-0.1, -0.05) is 6.07 Å². The van der Waals surface area contributed by atoms with E-state index in [9.17, 15) is 4.79 Å². The van der Waals surface area contributed by atoms with Gasteiger partial charge in [0.15, 0.2) is 0 Å². The Morgan fingerprint density at radius 1 is 1.61 bits per heavy atom. The number of nitrogens with one attached hydrogen (secondary N) is 1. The molecule has 2 rings (SSSR count). The highest BCUT2D eigenvalue weighted by atomic mass is 16.5. The predicted octanol–water partition coefficient (Wildman–Crippen LogP) is 0.0709.